The molecule has 4 rings (SSSR count). The average molecular weight is 422 g/mol. The van der Waals surface area contributed by atoms with Crippen LogP contribution in [0.1, 0.15) is 68.9 Å². The maximum absolute atomic E-state index is 14.8. The summed E-state index contributed by atoms with van der Waals surface area (Å²) in [5, 5.41) is 0. The van der Waals surface area contributed by atoms with Crippen molar-refractivity contribution in [1.82, 2.24) is 0 Å². The van der Waals surface area contributed by atoms with Gasteiger partial charge in [0.25, 0.3) is 0 Å². The molecular weight excluding hydrogens is 395 g/mol. The Balaban J connectivity index is 1.51. The first-order valence-corrected chi connectivity index (χ1v) is 10.9. The third-order valence-electron chi connectivity index (χ3n) is 7.35. The van der Waals surface area contributed by atoms with Gasteiger partial charge in [0.2, 0.25) is 0 Å². The van der Waals surface area contributed by atoms with Crippen LogP contribution in [-0.4, -0.2) is 0 Å². The van der Waals surface area contributed by atoms with Gasteiger partial charge in [-0.25, -0.2) is 8.78 Å². The summed E-state index contributed by atoms with van der Waals surface area (Å²) in [6.07, 6.45) is 3.66. The molecule has 0 spiro atoms. The fourth-order valence-electron chi connectivity index (χ4n) is 5.59. The SMILES string of the molecule is CCC1CCC2CC(c3ccc(-c4ccc(C(F)(F)F)c(F)c4)c(F)c3)CCC2C1. The summed E-state index contributed by atoms with van der Waals surface area (Å²) in [5.41, 5.74) is -0.146. The van der Waals surface area contributed by atoms with Crippen LogP contribution in [0.15, 0.2) is 36.4 Å². The van der Waals surface area contributed by atoms with Crippen LogP contribution >= 0.6 is 0 Å². The van der Waals surface area contributed by atoms with Gasteiger partial charge in [-0.15, -0.1) is 0 Å². The molecule has 162 valence electrons. The molecule has 0 nitrogen and oxygen atoms in total. The first-order chi connectivity index (χ1) is 14.3. The van der Waals surface area contributed by atoms with Gasteiger partial charge in [0.15, 0.2) is 0 Å². The summed E-state index contributed by atoms with van der Waals surface area (Å²) in [6, 6.07) is 7.49. The first kappa shape index (κ1) is 21.3. The Morgan fingerprint density at radius 3 is 2.23 bits per heavy atom. The molecule has 0 bridgehead atoms. The minimum Gasteiger partial charge on any atom is -0.206 e. The van der Waals surface area contributed by atoms with Gasteiger partial charge in [0.05, 0.1) is 5.56 Å². The summed E-state index contributed by atoms with van der Waals surface area (Å²) in [7, 11) is 0. The lowest BCUT2D eigenvalue weighted by Gasteiger charge is -2.42. The second-order valence-corrected chi connectivity index (χ2v) is 9.05. The molecule has 2 saturated carbocycles. The van der Waals surface area contributed by atoms with Crippen LogP contribution in [0, 0.1) is 29.4 Å². The number of benzene rings is 2. The van der Waals surface area contributed by atoms with Crippen LogP contribution in [0.5, 0.6) is 0 Å². The van der Waals surface area contributed by atoms with Crippen molar-refractivity contribution in [2.75, 3.05) is 0 Å². The fourth-order valence-corrected chi connectivity index (χ4v) is 5.59. The van der Waals surface area contributed by atoms with Gasteiger partial charge < -0.3 is 0 Å². The number of alkyl halides is 3. The third-order valence-corrected chi connectivity index (χ3v) is 7.35. The zero-order valence-electron chi connectivity index (χ0n) is 17.1. The molecule has 2 aromatic rings. The Morgan fingerprint density at radius 1 is 0.833 bits per heavy atom. The number of halogens is 5. The van der Waals surface area contributed by atoms with E-state index in [1.54, 1.807) is 6.07 Å². The molecular formula is C25H27F5. The molecule has 2 aliphatic carbocycles. The van der Waals surface area contributed by atoms with Crippen LogP contribution in [0.2, 0.25) is 0 Å². The molecule has 0 heterocycles. The van der Waals surface area contributed by atoms with Crippen molar-refractivity contribution in [3.05, 3.63) is 59.2 Å². The fraction of sp³-hybridized carbons (Fsp3) is 0.520. The zero-order chi connectivity index (χ0) is 21.5. The Labute approximate surface area is 174 Å². The molecule has 0 radical (unpaired) electrons. The summed E-state index contributed by atoms with van der Waals surface area (Å²) in [6.45, 7) is 2.27. The molecule has 0 N–H and O–H groups in total. The molecule has 5 heteroatoms. The predicted molar refractivity (Wildman–Crippen MR) is 108 cm³/mol. The maximum atomic E-state index is 14.8. The van der Waals surface area contributed by atoms with Gasteiger partial charge >= 0.3 is 6.18 Å². The lowest BCUT2D eigenvalue weighted by molar-refractivity contribution is -0.139. The van der Waals surface area contributed by atoms with E-state index >= 15 is 0 Å². The molecule has 4 unspecified atom stereocenters. The molecule has 4 atom stereocenters. The molecule has 2 aliphatic rings. The van der Waals surface area contributed by atoms with Crippen LogP contribution in [0.4, 0.5) is 22.0 Å². The van der Waals surface area contributed by atoms with E-state index in [0.717, 1.165) is 42.4 Å². The van der Waals surface area contributed by atoms with E-state index in [-0.39, 0.29) is 11.1 Å². The van der Waals surface area contributed by atoms with E-state index in [4.69, 9.17) is 0 Å². The van der Waals surface area contributed by atoms with E-state index < -0.39 is 23.4 Å². The van der Waals surface area contributed by atoms with Crippen LogP contribution < -0.4 is 0 Å². The number of fused-ring (bicyclic) bond motifs is 1. The van der Waals surface area contributed by atoms with Crippen LogP contribution in [0.25, 0.3) is 11.1 Å². The Hall–Kier alpha value is -1.91. The van der Waals surface area contributed by atoms with E-state index in [1.807, 2.05) is 6.07 Å². The minimum absolute atomic E-state index is 0.117. The topological polar surface area (TPSA) is 0 Å². The van der Waals surface area contributed by atoms with Gasteiger partial charge in [0.1, 0.15) is 11.6 Å². The average Bonchev–Trinajstić information content (AvgIpc) is 2.71. The Kier molecular flexibility index (Phi) is 5.91. The summed E-state index contributed by atoms with van der Waals surface area (Å²) in [5.74, 6) is 0.770. The highest BCUT2D eigenvalue weighted by Gasteiger charge is 2.36. The van der Waals surface area contributed by atoms with E-state index in [0.29, 0.717) is 17.9 Å². The van der Waals surface area contributed by atoms with E-state index in [1.165, 1.54) is 38.2 Å². The summed E-state index contributed by atoms with van der Waals surface area (Å²) < 4.78 is 67.0. The van der Waals surface area contributed by atoms with Gasteiger partial charge in [-0.1, -0.05) is 38.0 Å². The largest absolute Gasteiger partial charge is 0.419 e. The lowest BCUT2D eigenvalue weighted by Crippen LogP contribution is -2.30. The van der Waals surface area contributed by atoms with Crippen molar-refractivity contribution in [2.24, 2.45) is 17.8 Å². The monoisotopic (exact) mass is 422 g/mol. The van der Waals surface area contributed by atoms with Crippen molar-refractivity contribution < 1.29 is 22.0 Å². The van der Waals surface area contributed by atoms with Gasteiger partial charge in [-0.05, 0) is 85.1 Å². The Morgan fingerprint density at radius 2 is 1.57 bits per heavy atom. The highest BCUT2D eigenvalue weighted by molar-refractivity contribution is 5.65. The minimum atomic E-state index is -4.76. The number of rotatable bonds is 3. The smallest absolute Gasteiger partial charge is 0.206 e. The van der Waals surface area contributed by atoms with Crippen molar-refractivity contribution in [1.29, 1.82) is 0 Å². The number of hydrogen-bond acceptors (Lipinski definition) is 0. The molecule has 0 amide bonds. The second-order valence-electron chi connectivity index (χ2n) is 9.05. The van der Waals surface area contributed by atoms with Crippen molar-refractivity contribution in [2.45, 2.75) is 64.0 Å². The zero-order valence-corrected chi connectivity index (χ0v) is 17.1. The quantitative estimate of drug-likeness (QED) is 0.436. The Bertz CT molecular complexity index is 901. The molecule has 2 fully saturated rings. The highest BCUT2D eigenvalue weighted by atomic mass is 19.4. The first-order valence-electron chi connectivity index (χ1n) is 10.9. The number of hydrogen-bond donors (Lipinski definition) is 0. The molecule has 0 saturated heterocycles. The van der Waals surface area contributed by atoms with Crippen molar-refractivity contribution in [3.8, 4) is 11.1 Å². The standard InChI is InChI=1S/C25H27F5/c1-2-15-3-4-17-12-18(6-5-16(17)11-15)19-7-9-21(23(26)13-19)20-8-10-22(24(27)14-20)25(28,29)30/h7-10,13-18H,2-6,11-12H2,1H3. The van der Waals surface area contributed by atoms with Crippen LogP contribution in [-0.2, 0) is 6.18 Å². The summed E-state index contributed by atoms with van der Waals surface area (Å²) >= 11 is 0. The van der Waals surface area contributed by atoms with E-state index in [9.17, 15) is 22.0 Å². The molecule has 0 aromatic heterocycles. The lowest BCUT2D eigenvalue weighted by atomic mass is 9.63. The van der Waals surface area contributed by atoms with Crippen molar-refractivity contribution in [3.63, 3.8) is 0 Å². The summed E-state index contributed by atoms with van der Waals surface area (Å²) in [4.78, 5) is 0. The molecule has 30 heavy (non-hydrogen) atoms. The molecule has 0 aliphatic heterocycles. The van der Waals surface area contributed by atoms with E-state index in [2.05, 4.69) is 6.92 Å². The van der Waals surface area contributed by atoms with Crippen LogP contribution in [0.3, 0.4) is 0 Å². The highest BCUT2D eigenvalue weighted by Crippen LogP contribution is 2.48. The second kappa shape index (κ2) is 8.32. The third kappa shape index (κ3) is 4.26. The maximum Gasteiger partial charge on any atom is 0.419 e. The molecule has 2 aromatic carbocycles. The van der Waals surface area contributed by atoms with Gasteiger partial charge in [-0.3, -0.25) is 0 Å². The van der Waals surface area contributed by atoms with Gasteiger partial charge in [-0.2, -0.15) is 13.2 Å². The van der Waals surface area contributed by atoms with Crippen molar-refractivity contribution >= 4 is 0 Å². The normalized spacial score (nSPS) is 27.0. The van der Waals surface area contributed by atoms with Gasteiger partial charge in [0, 0.05) is 5.56 Å². The predicted octanol–water partition coefficient (Wildman–Crippen LogP) is 8.36.